The fraction of sp³-hybridized carbons (Fsp3) is 0.375. The molecule has 0 radical (unpaired) electrons. The van der Waals surface area contributed by atoms with E-state index in [-0.39, 0.29) is 12.2 Å². The van der Waals surface area contributed by atoms with Crippen molar-refractivity contribution in [2.45, 2.75) is 12.8 Å². The van der Waals surface area contributed by atoms with Crippen LogP contribution >= 0.6 is 11.3 Å². The van der Waals surface area contributed by atoms with Gasteiger partial charge in [0, 0.05) is 12.0 Å². The summed E-state index contributed by atoms with van der Waals surface area (Å²) in [4.78, 5) is 15.8. The zero-order valence-electron chi connectivity index (χ0n) is 7.88. The number of aliphatic hydroxyl groups is 1. The maximum absolute atomic E-state index is 11.4. The smallest absolute Gasteiger partial charge is 0.295 e. The number of nitrogens with zero attached hydrogens (tertiary/aromatic N) is 3. The van der Waals surface area contributed by atoms with Crippen molar-refractivity contribution in [3.05, 3.63) is 21.4 Å². The molecule has 80 valence electrons. The predicted octanol–water partition coefficient (Wildman–Crippen LogP) is -0.342. The Morgan fingerprint density at radius 2 is 2.40 bits per heavy atom. The Morgan fingerprint density at radius 3 is 3.13 bits per heavy atom. The van der Waals surface area contributed by atoms with E-state index in [4.69, 9.17) is 10.8 Å². The molecule has 0 saturated carbocycles. The summed E-state index contributed by atoms with van der Waals surface area (Å²) in [5.74, 6) is 0.466. The first-order valence-corrected chi connectivity index (χ1v) is 5.34. The van der Waals surface area contributed by atoms with Gasteiger partial charge in [-0.1, -0.05) is 0 Å². The first-order valence-electron chi connectivity index (χ1n) is 4.46. The Hall–Kier alpha value is -1.47. The average Bonchev–Trinajstić information content (AvgIpc) is 2.57. The van der Waals surface area contributed by atoms with Crippen molar-refractivity contribution in [1.82, 2.24) is 14.6 Å². The van der Waals surface area contributed by atoms with Crippen LogP contribution in [-0.4, -0.2) is 26.3 Å². The van der Waals surface area contributed by atoms with Gasteiger partial charge in [-0.2, -0.15) is 14.6 Å². The second-order valence-electron chi connectivity index (χ2n) is 3.05. The maximum atomic E-state index is 11.4. The van der Waals surface area contributed by atoms with E-state index in [0.29, 0.717) is 29.3 Å². The summed E-state index contributed by atoms with van der Waals surface area (Å²) in [5.41, 5.74) is 5.64. The minimum absolute atomic E-state index is 0.0307. The van der Waals surface area contributed by atoms with Crippen LogP contribution in [0.4, 0.5) is 5.82 Å². The predicted molar refractivity (Wildman–Crippen MR) is 57.0 cm³/mol. The Morgan fingerprint density at radius 1 is 1.60 bits per heavy atom. The van der Waals surface area contributed by atoms with Crippen LogP contribution in [0.3, 0.4) is 0 Å². The topological polar surface area (TPSA) is 93.5 Å². The Balaban J connectivity index is 2.50. The van der Waals surface area contributed by atoms with Gasteiger partial charge in [0.05, 0.1) is 0 Å². The molecular weight excluding hydrogens is 216 g/mol. The molecule has 0 unspecified atom stereocenters. The molecule has 0 aliphatic heterocycles. The molecule has 0 bridgehead atoms. The molecule has 2 aromatic rings. The molecule has 6 nitrogen and oxygen atoms in total. The summed E-state index contributed by atoms with van der Waals surface area (Å²) < 4.78 is 1.44. The number of nitrogens with two attached hydrogens (primary N) is 1. The Labute approximate surface area is 89.0 Å². The van der Waals surface area contributed by atoms with Gasteiger partial charge in [-0.3, -0.25) is 4.79 Å². The molecule has 15 heavy (non-hydrogen) atoms. The van der Waals surface area contributed by atoms with Crippen molar-refractivity contribution in [2.75, 3.05) is 12.3 Å². The maximum Gasteiger partial charge on any atom is 0.295 e. The lowest BCUT2D eigenvalue weighted by Crippen LogP contribution is -2.18. The van der Waals surface area contributed by atoms with E-state index in [2.05, 4.69) is 10.1 Å². The molecule has 0 atom stereocenters. The minimum Gasteiger partial charge on any atom is -0.396 e. The van der Waals surface area contributed by atoms with Crippen molar-refractivity contribution in [2.24, 2.45) is 0 Å². The van der Waals surface area contributed by atoms with Crippen LogP contribution in [0.5, 0.6) is 0 Å². The Kier molecular flexibility index (Phi) is 2.65. The third-order valence-corrected chi connectivity index (χ3v) is 2.78. The van der Waals surface area contributed by atoms with E-state index in [1.54, 1.807) is 5.38 Å². The highest BCUT2D eigenvalue weighted by atomic mass is 32.1. The van der Waals surface area contributed by atoms with Crippen molar-refractivity contribution in [3.63, 3.8) is 0 Å². The third kappa shape index (κ3) is 1.83. The lowest BCUT2D eigenvalue weighted by atomic mass is 10.2. The number of aryl methyl sites for hydroxylation is 1. The van der Waals surface area contributed by atoms with Gasteiger partial charge in [-0.05, 0) is 12.8 Å². The van der Waals surface area contributed by atoms with Crippen LogP contribution in [-0.2, 0) is 6.42 Å². The summed E-state index contributed by atoms with van der Waals surface area (Å²) in [6, 6.07) is 0. The number of thiazole rings is 1. The van der Waals surface area contributed by atoms with E-state index < -0.39 is 0 Å². The van der Waals surface area contributed by atoms with Crippen molar-refractivity contribution in [3.8, 4) is 0 Å². The lowest BCUT2D eigenvalue weighted by Gasteiger charge is -1.99. The highest BCUT2D eigenvalue weighted by Crippen LogP contribution is 2.12. The quantitative estimate of drug-likeness (QED) is 0.746. The van der Waals surface area contributed by atoms with E-state index in [1.807, 2.05) is 0 Å². The molecule has 2 aromatic heterocycles. The van der Waals surface area contributed by atoms with Gasteiger partial charge >= 0.3 is 0 Å². The number of fused-ring (bicyclic) bond motifs is 1. The van der Waals surface area contributed by atoms with Crippen molar-refractivity contribution in [1.29, 1.82) is 0 Å². The third-order valence-electron chi connectivity index (χ3n) is 1.95. The van der Waals surface area contributed by atoms with Crippen LogP contribution in [0.2, 0.25) is 0 Å². The largest absolute Gasteiger partial charge is 0.396 e. The summed E-state index contributed by atoms with van der Waals surface area (Å²) in [5, 5.41) is 14.4. The van der Waals surface area contributed by atoms with Crippen LogP contribution in [0, 0.1) is 0 Å². The minimum atomic E-state index is -0.342. The van der Waals surface area contributed by atoms with Crippen LogP contribution in [0.15, 0.2) is 10.2 Å². The van der Waals surface area contributed by atoms with Gasteiger partial charge in [0.15, 0.2) is 0 Å². The highest BCUT2D eigenvalue weighted by Gasteiger charge is 2.08. The SMILES string of the molecule is Nc1csc2nc(=O)c(CCCO)nn12. The molecule has 0 aliphatic carbocycles. The van der Waals surface area contributed by atoms with Crippen LogP contribution in [0.1, 0.15) is 12.1 Å². The normalized spacial score (nSPS) is 11.0. The zero-order valence-corrected chi connectivity index (χ0v) is 8.70. The van der Waals surface area contributed by atoms with E-state index in [1.165, 1.54) is 15.9 Å². The molecule has 0 saturated heterocycles. The molecule has 0 fully saturated rings. The van der Waals surface area contributed by atoms with E-state index in [0.717, 1.165) is 0 Å². The second kappa shape index (κ2) is 3.95. The molecule has 2 rings (SSSR count). The van der Waals surface area contributed by atoms with E-state index >= 15 is 0 Å². The van der Waals surface area contributed by atoms with Gasteiger partial charge in [0.25, 0.3) is 5.56 Å². The molecule has 0 spiro atoms. The van der Waals surface area contributed by atoms with Gasteiger partial charge in [0.1, 0.15) is 11.5 Å². The Bertz CT molecular complexity index is 533. The first-order chi connectivity index (χ1) is 7.22. The fourth-order valence-electron chi connectivity index (χ4n) is 1.22. The van der Waals surface area contributed by atoms with Crippen molar-refractivity contribution < 1.29 is 5.11 Å². The number of aliphatic hydroxyl groups excluding tert-OH is 1. The number of hydrogen-bond acceptors (Lipinski definition) is 6. The van der Waals surface area contributed by atoms with Gasteiger partial charge in [-0.15, -0.1) is 11.3 Å². The molecule has 7 heteroatoms. The first kappa shape index (κ1) is 10.1. The standard InChI is InChI=1S/C8H10N4O2S/c9-6-4-15-8-10-7(14)5(2-1-3-13)11-12(6)8/h4,13H,1-3,9H2. The second-order valence-corrected chi connectivity index (χ2v) is 3.88. The summed E-state index contributed by atoms with van der Waals surface area (Å²) in [7, 11) is 0. The zero-order chi connectivity index (χ0) is 10.8. The molecule has 0 amide bonds. The van der Waals surface area contributed by atoms with E-state index in [9.17, 15) is 4.79 Å². The monoisotopic (exact) mass is 226 g/mol. The van der Waals surface area contributed by atoms with Gasteiger partial charge in [0.2, 0.25) is 4.96 Å². The van der Waals surface area contributed by atoms with Crippen molar-refractivity contribution >= 4 is 22.1 Å². The number of rotatable bonds is 3. The number of anilines is 1. The highest BCUT2D eigenvalue weighted by molar-refractivity contribution is 7.15. The number of hydrogen-bond donors (Lipinski definition) is 2. The number of nitrogen functional groups attached to an aromatic ring is 1. The van der Waals surface area contributed by atoms with Gasteiger partial charge < -0.3 is 10.8 Å². The number of aromatic nitrogens is 3. The van der Waals surface area contributed by atoms with Crippen LogP contribution < -0.4 is 11.3 Å². The summed E-state index contributed by atoms with van der Waals surface area (Å²) in [6.07, 6.45) is 0.917. The molecule has 3 N–H and O–H groups in total. The molecule has 2 heterocycles. The molecular formula is C8H10N4O2S. The molecule has 0 aromatic carbocycles. The molecule has 0 aliphatic rings. The summed E-state index contributed by atoms with van der Waals surface area (Å²) >= 11 is 1.28. The average molecular weight is 226 g/mol. The van der Waals surface area contributed by atoms with Crippen LogP contribution in [0.25, 0.3) is 4.96 Å². The fourth-order valence-corrected chi connectivity index (χ4v) is 1.92. The lowest BCUT2D eigenvalue weighted by molar-refractivity contribution is 0.287. The van der Waals surface area contributed by atoms with Gasteiger partial charge in [-0.25, -0.2) is 0 Å². The summed E-state index contributed by atoms with van der Waals surface area (Å²) in [6.45, 7) is 0.0307.